The Labute approximate surface area is 161 Å². The van der Waals surface area contributed by atoms with Gasteiger partial charge in [0.1, 0.15) is 5.82 Å². The molecule has 3 rings (SSSR count). The Bertz CT molecular complexity index is 759. The summed E-state index contributed by atoms with van der Waals surface area (Å²) in [5, 5.41) is 0.993. The van der Waals surface area contributed by atoms with Crippen LogP contribution in [0.15, 0.2) is 30.3 Å². The number of rotatable bonds is 9. The highest BCUT2D eigenvalue weighted by atomic mass is 16.5. The minimum atomic E-state index is 0.0170. The molecule has 1 aliphatic rings. The molecule has 0 spiro atoms. The minimum Gasteiger partial charge on any atom is -0.385 e. The fourth-order valence-electron chi connectivity index (χ4n) is 3.52. The number of aromatic nitrogens is 1. The van der Waals surface area contributed by atoms with Crippen LogP contribution in [0, 0.1) is 0 Å². The number of fused-ring (bicyclic) bond motifs is 1. The van der Waals surface area contributed by atoms with Crippen molar-refractivity contribution in [3.8, 4) is 0 Å². The lowest BCUT2D eigenvalue weighted by molar-refractivity contribution is 0.0674. The second-order valence-corrected chi connectivity index (χ2v) is 6.88. The van der Waals surface area contributed by atoms with Gasteiger partial charge in [-0.2, -0.15) is 0 Å². The van der Waals surface area contributed by atoms with Crippen molar-refractivity contribution in [1.82, 2.24) is 9.88 Å². The van der Waals surface area contributed by atoms with Gasteiger partial charge < -0.3 is 19.3 Å². The zero-order chi connectivity index (χ0) is 19.1. The molecule has 146 valence electrons. The number of anilines is 1. The van der Waals surface area contributed by atoms with Gasteiger partial charge in [0, 0.05) is 52.4 Å². The quantitative estimate of drug-likeness (QED) is 0.635. The molecule has 1 aromatic carbocycles. The number of carbonyl (C=O) groups excluding carboxylic acids is 1. The number of pyridine rings is 1. The van der Waals surface area contributed by atoms with Gasteiger partial charge in [-0.1, -0.05) is 18.2 Å². The maximum atomic E-state index is 13.4. The molecule has 0 radical (unpaired) electrons. The van der Waals surface area contributed by atoms with Crippen LogP contribution < -0.4 is 4.90 Å². The van der Waals surface area contributed by atoms with E-state index in [-0.39, 0.29) is 5.91 Å². The van der Waals surface area contributed by atoms with Crippen LogP contribution >= 0.6 is 0 Å². The highest BCUT2D eigenvalue weighted by Gasteiger charge is 2.25. The summed E-state index contributed by atoms with van der Waals surface area (Å²) in [7, 11) is 3.34. The number of carbonyl (C=O) groups is 1. The average molecular weight is 371 g/mol. The number of hydrogen-bond donors (Lipinski definition) is 0. The molecule has 0 N–H and O–H groups in total. The first-order valence-electron chi connectivity index (χ1n) is 9.66. The average Bonchev–Trinajstić information content (AvgIpc) is 3.24. The summed E-state index contributed by atoms with van der Waals surface area (Å²) >= 11 is 0. The molecule has 0 unspecified atom stereocenters. The molecule has 0 bridgehead atoms. The number of amides is 1. The molecule has 1 aromatic heterocycles. The zero-order valence-corrected chi connectivity index (χ0v) is 16.3. The fourth-order valence-corrected chi connectivity index (χ4v) is 3.52. The molecule has 1 fully saturated rings. The molecule has 2 aromatic rings. The normalized spacial score (nSPS) is 14.1. The first-order chi connectivity index (χ1) is 13.2. The van der Waals surface area contributed by atoms with Crippen LogP contribution in [0.5, 0.6) is 0 Å². The summed E-state index contributed by atoms with van der Waals surface area (Å²) in [4.78, 5) is 22.4. The summed E-state index contributed by atoms with van der Waals surface area (Å²) < 4.78 is 10.4. The molecule has 27 heavy (non-hydrogen) atoms. The van der Waals surface area contributed by atoms with Gasteiger partial charge in [-0.15, -0.1) is 0 Å². The van der Waals surface area contributed by atoms with Crippen molar-refractivity contribution >= 4 is 22.6 Å². The molecule has 6 nitrogen and oxygen atoms in total. The number of methoxy groups -OCH3 is 2. The van der Waals surface area contributed by atoms with Gasteiger partial charge in [0.15, 0.2) is 0 Å². The fraction of sp³-hybridized carbons (Fsp3) is 0.524. The smallest absolute Gasteiger partial charge is 0.257 e. The number of ether oxygens (including phenoxy) is 2. The van der Waals surface area contributed by atoms with Crippen molar-refractivity contribution in [2.24, 2.45) is 0 Å². The SMILES string of the molecule is COCCCN(CCOC)C(=O)c1cc2ccccc2nc1N1CCCC1. The Kier molecular flexibility index (Phi) is 7.01. The van der Waals surface area contributed by atoms with Crippen LogP contribution in [0.2, 0.25) is 0 Å². The maximum Gasteiger partial charge on any atom is 0.257 e. The summed E-state index contributed by atoms with van der Waals surface area (Å²) in [6.45, 7) is 4.25. The molecule has 0 atom stereocenters. The summed E-state index contributed by atoms with van der Waals surface area (Å²) in [6, 6.07) is 9.98. The molecule has 6 heteroatoms. The van der Waals surface area contributed by atoms with E-state index in [1.165, 1.54) is 0 Å². The van der Waals surface area contributed by atoms with E-state index >= 15 is 0 Å². The highest BCUT2D eigenvalue weighted by molar-refractivity contribution is 6.02. The van der Waals surface area contributed by atoms with Gasteiger partial charge in [0.25, 0.3) is 5.91 Å². The van der Waals surface area contributed by atoms with E-state index in [1.807, 2.05) is 35.2 Å². The Balaban J connectivity index is 1.95. The molecule has 0 saturated carbocycles. The third-order valence-corrected chi connectivity index (χ3v) is 4.97. The van der Waals surface area contributed by atoms with Gasteiger partial charge in [-0.3, -0.25) is 4.79 Å². The first kappa shape index (κ1) is 19.6. The molecule has 1 amide bonds. The summed E-state index contributed by atoms with van der Waals surface area (Å²) in [5.41, 5.74) is 1.61. The third kappa shape index (κ3) is 4.76. The first-order valence-corrected chi connectivity index (χ1v) is 9.66. The standard InChI is InChI=1S/C21H29N3O3/c1-26-14-7-12-24(13-15-27-2)21(25)18-16-17-8-3-4-9-19(17)22-20(18)23-10-5-6-11-23/h3-4,8-9,16H,5-7,10-15H2,1-2H3. The van der Waals surface area contributed by atoms with Crippen LogP contribution in [0.1, 0.15) is 29.6 Å². The topological polar surface area (TPSA) is 54.9 Å². The molecular formula is C21H29N3O3. The number of hydrogen-bond acceptors (Lipinski definition) is 5. The predicted molar refractivity (Wildman–Crippen MR) is 107 cm³/mol. The Morgan fingerprint density at radius 1 is 1.11 bits per heavy atom. The lowest BCUT2D eigenvalue weighted by Crippen LogP contribution is -2.36. The second kappa shape index (κ2) is 9.67. The van der Waals surface area contributed by atoms with Crippen molar-refractivity contribution in [3.63, 3.8) is 0 Å². The predicted octanol–water partition coefficient (Wildman–Crippen LogP) is 2.96. The van der Waals surface area contributed by atoms with Crippen molar-refractivity contribution in [2.45, 2.75) is 19.3 Å². The molecule has 1 aliphatic heterocycles. The Hall–Kier alpha value is -2.18. The Morgan fingerprint density at radius 3 is 2.59 bits per heavy atom. The van der Waals surface area contributed by atoms with Crippen molar-refractivity contribution in [1.29, 1.82) is 0 Å². The van der Waals surface area contributed by atoms with E-state index in [0.29, 0.717) is 31.9 Å². The largest absolute Gasteiger partial charge is 0.385 e. The van der Waals surface area contributed by atoms with E-state index in [4.69, 9.17) is 14.5 Å². The van der Waals surface area contributed by atoms with Gasteiger partial charge in [0.05, 0.1) is 17.7 Å². The van der Waals surface area contributed by atoms with Crippen LogP contribution in [-0.4, -0.2) is 69.4 Å². The lowest BCUT2D eigenvalue weighted by Gasteiger charge is -2.26. The van der Waals surface area contributed by atoms with E-state index < -0.39 is 0 Å². The molecular weight excluding hydrogens is 342 g/mol. The minimum absolute atomic E-state index is 0.0170. The van der Waals surface area contributed by atoms with Crippen LogP contribution in [0.25, 0.3) is 10.9 Å². The lowest BCUT2D eigenvalue weighted by atomic mass is 10.1. The van der Waals surface area contributed by atoms with Gasteiger partial charge in [-0.05, 0) is 31.4 Å². The van der Waals surface area contributed by atoms with Gasteiger partial charge in [0.2, 0.25) is 0 Å². The van der Waals surface area contributed by atoms with E-state index in [2.05, 4.69) is 4.90 Å². The van der Waals surface area contributed by atoms with Gasteiger partial charge >= 0.3 is 0 Å². The maximum absolute atomic E-state index is 13.4. The van der Waals surface area contributed by atoms with Crippen molar-refractivity contribution in [3.05, 3.63) is 35.9 Å². The number of nitrogens with zero attached hydrogens (tertiary/aromatic N) is 3. The van der Waals surface area contributed by atoms with Gasteiger partial charge in [-0.25, -0.2) is 4.98 Å². The Morgan fingerprint density at radius 2 is 1.85 bits per heavy atom. The number of para-hydroxylation sites is 1. The summed E-state index contributed by atoms with van der Waals surface area (Å²) in [5.74, 6) is 0.827. The monoisotopic (exact) mass is 371 g/mol. The zero-order valence-electron chi connectivity index (χ0n) is 16.3. The molecule has 0 aliphatic carbocycles. The molecule has 2 heterocycles. The van der Waals surface area contributed by atoms with Crippen LogP contribution in [0.4, 0.5) is 5.82 Å². The van der Waals surface area contributed by atoms with Crippen molar-refractivity contribution < 1.29 is 14.3 Å². The second-order valence-electron chi connectivity index (χ2n) is 6.88. The van der Waals surface area contributed by atoms with E-state index in [9.17, 15) is 4.79 Å². The molecule has 1 saturated heterocycles. The van der Waals surface area contributed by atoms with Crippen LogP contribution in [0.3, 0.4) is 0 Å². The van der Waals surface area contributed by atoms with Crippen LogP contribution in [-0.2, 0) is 9.47 Å². The van der Waals surface area contributed by atoms with E-state index in [1.54, 1.807) is 14.2 Å². The van der Waals surface area contributed by atoms with Crippen molar-refractivity contribution in [2.75, 3.05) is 58.5 Å². The third-order valence-electron chi connectivity index (χ3n) is 4.97. The highest BCUT2D eigenvalue weighted by Crippen LogP contribution is 2.27. The number of benzene rings is 1. The summed E-state index contributed by atoms with van der Waals surface area (Å²) in [6.07, 6.45) is 3.08. The van der Waals surface area contributed by atoms with E-state index in [0.717, 1.165) is 49.1 Å².